The predicted octanol–water partition coefficient (Wildman–Crippen LogP) is 1.68. The van der Waals surface area contributed by atoms with Crippen LogP contribution in [-0.2, 0) is 16.1 Å². The molecule has 17 heavy (non-hydrogen) atoms. The Morgan fingerprint density at radius 2 is 2.18 bits per heavy atom. The lowest BCUT2D eigenvalue weighted by molar-refractivity contribution is -0.144. The summed E-state index contributed by atoms with van der Waals surface area (Å²) in [4.78, 5) is 11.5. The Bertz CT molecular complexity index is 377. The van der Waals surface area contributed by atoms with Crippen LogP contribution in [0.5, 0.6) is 5.75 Å². The molecule has 1 aromatic rings. The van der Waals surface area contributed by atoms with E-state index in [1.807, 2.05) is 19.9 Å². The molecular weight excluding hydrogens is 218 g/mol. The Balaban J connectivity index is 2.61. The second-order valence-corrected chi connectivity index (χ2v) is 4.30. The summed E-state index contributed by atoms with van der Waals surface area (Å²) in [5.41, 5.74) is 0.930. The molecule has 0 heterocycles. The third kappa shape index (κ3) is 4.07. The zero-order valence-corrected chi connectivity index (χ0v) is 10.4. The Hall–Kier alpha value is -1.55. The molecule has 1 atom stereocenters. The lowest BCUT2D eigenvalue weighted by Gasteiger charge is -2.19. The quantitative estimate of drug-likeness (QED) is 0.765. The lowest BCUT2D eigenvalue weighted by Crippen LogP contribution is -2.41. The molecule has 2 N–H and O–H groups in total. The molecule has 0 amide bonds. The largest absolute Gasteiger partial charge is 0.508 e. The minimum atomic E-state index is -0.331. The summed E-state index contributed by atoms with van der Waals surface area (Å²) in [6.07, 6.45) is 0. The van der Waals surface area contributed by atoms with E-state index in [-0.39, 0.29) is 23.7 Å². The molecule has 0 unspecified atom stereocenters. The summed E-state index contributed by atoms with van der Waals surface area (Å²) in [7, 11) is 1.38. The molecule has 0 bridgehead atoms. The van der Waals surface area contributed by atoms with Crippen molar-refractivity contribution in [2.45, 2.75) is 26.4 Å². The average molecular weight is 237 g/mol. The van der Waals surface area contributed by atoms with Crippen LogP contribution in [0.4, 0.5) is 0 Å². The van der Waals surface area contributed by atoms with Gasteiger partial charge in [-0.3, -0.25) is 4.79 Å². The maximum Gasteiger partial charge on any atom is 0.323 e. The van der Waals surface area contributed by atoms with Gasteiger partial charge >= 0.3 is 5.97 Å². The molecule has 94 valence electrons. The molecule has 0 saturated heterocycles. The van der Waals surface area contributed by atoms with Crippen molar-refractivity contribution in [3.8, 4) is 5.75 Å². The number of aromatic hydroxyl groups is 1. The number of phenolic OH excluding ortho intramolecular Hbond substituents is 1. The summed E-state index contributed by atoms with van der Waals surface area (Å²) in [6, 6.07) is 6.61. The smallest absolute Gasteiger partial charge is 0.323 e. The van der Waals surface area contributed by atoms with E-state index >= 15 is 0 Å². The average Bonchev–Trinajstić information content (AvgIpc) is 2.28. The van der Waals surface area contributed by atoms with Crippen molar-refractivity contribution in [2.75, 3.05) is 7.11 Å². The first kappa shape index (κ1) is 13.5. The van der Waals surface area contributed by atoms with E-state index in [1.54, 1.807) is 18.2 Å². The number of carbonyl (C=O) groups excluding carboxylic acids is 1. The number of hydrogen-bond donors (Lipinski definition) is 2. The standard InChI is InChI=1S/C13H19NO3/c1-9(2)12(13(16)17-3)14-8-10-5-4-6-11(15)7-10/h4-7,9,12,14-15H,8H2,1-3H3/t12-/m0/s1. The number of benzene rings is 1. The first-order chi connectivity index (χ1) is 8.04. The molecule has 0 saturated carbocycles. The number of ether oxygens (including phenoxy) is 1. The van der Waals surface area contributed by atoms with Gasteiger partial charge in [0.15, 0.2) is 0 Å². The molecular formula is C13H19NO3. The maximum absolute atomic E-state index is 11.5. The van der Waals surface area contributed by atoms with Gasteiger partial charge in [0, 0.05) is 6.54 Å². The van der Waals surface area contributed by atoms with Crippen LogP contribution < -0.4 is 5.32 Å². The van der Waals surface area contributed by atoms with Crippen LogP contribution >= 0.6 is 0 Å². The van der Waals surface area contributed by atoms with Crippen LogP contribution in [0.3, 0.4) is 0 Å². The fraction of sp³-hybridized carbons (Fsp3) is 0.462. The van der Waals surface area contributed by atoms with Gasteiger partial charge < -0.3 is 15.2 Å². The first-order valence-corrected chi connectivity index (χ1v) is 5.63. The van der Waals surface area contributed by atoms with E-state index in [0.717, 1.165) is 5.56 Å². The Labute approximate surface area is 102 Å². The fourth-order valence-corrected chi connectivity index (χ4v) is 1.61. The summed E-state index contributed by atoms with van der Waals surface area (Å²) < 4.78 is 4.73. The molecule has 0 aliphatic heterocycles. The highest BCUT2D eigenvalue weighted by molar-refractivity contribution is 5.75. The van der Waals surface area contributed by atoms with Crippen molar-refractivity contribution in [1.29, 1.82) is 0 Å². The topological polar surface area (TPSA) is 58.6 Å². The van der Waals surface area contributed by atoms with E-state index in [4.69, 9.17) is 4.74 Å². The Kier molecular flexibility index (Phi) is 4.97. The van der Waals surface area contributed by atoms with Crippen molar-refractivity contribution in [3.05, 3.63) is 29.8 Å². The molecule has 0 aliphatic rings. The summed E-state index contributed by atoms with van der Waals surface area (Å²) in [6.45, 7) is 4.43. The Morgan fingerprint density at radius 1 is 1.47 bits per heavy atom. The molecule has 1 aromatic carbocycles. The normalized spacial score (nSPS) is 12.5. The highest BCUT2D eigenvalue weighted by Gasteiger charge is 2.21. The van der Waals surface area contributed by atoms with E-state index < -0.39 is 0 Å². The third-order valence-electron chi connectivity index (χ3n) is 2.56. The lowest BCUT2D eigenvalue weighted by atomic mass is 10.0. The van der Waals surface area contributed by atoms with Crippen LogP contribution in [0, 0.1) is 5.92 Å². The molecule has 1 rings (SSSR count). The maximum atomic E-state index is 11.5. The van der Waals surface area contributed by atoms with Gasteiger partial charge in [0.25, 0.3) is 0 Å². The molecule has 0 aliphatic carbocycles. The highest BCUT2D eigenvalue weighted by Crippen LogP contribution is 2.11. The van der Waals surface area contributed by atoms with Gasteiger partial charge in [-0.05, 0) is 23.6 Å². The van der Waals surface area contributed by atoms with Crippen LogP contribution in [0.2, 0.25) is 0 Å². The van der Waals surface area contributed by atoms with Crippen LogP contribution in [0.25, 0.3) is 0 Å². The second-order valence-electron chi connectivity index (χ2n) is 4.30. The van der Waals surface area contributed by atoms with Crippen molar-refractivity contribution >= 4 is 5.97 Å². The van der Waals surface area contributed by atoms with Gasteiger partial charge in [0.2, 0.25) is 0 Å². The van der Waals surface area contributed by atoms with Gasteiger partial charge in [-0.25, -0.2) is 0 Å². The van der Waals surface area contributed by atoms with Gasteiger partial charge in [0.1, 0.15) is 11.8 Å². The van der Waals surface area contributed by atoms with Gasteiger partial charge in [-0.2, -0.15) is 0 Å². The number of nitrogens with one attached hydrogen (secondary N) is 1. The van der Waals surface area contributed by atoms with E-state index in [1.165, 1.54) is 7.11 Å². The van der Waals surface area contributed by atoms with Gasteiger partial charge in [-0.1, -0.05) is 26.0 Å². The number of carbonyl (C=O) groups is 1. The number of rotatable bonds is 5. The van der Waals surface area contributed by atoms with E-state index in [9.17, 15) is 9.90 Å². The molecule has 0 aromatic heterocycles. The minimum Gasteiger partial charge on any atom is -0.508 e. The SMILES string of the molecule is COC(=O)[C@@H](NCc1cccc(O)c1)C(C)C. The Morgan fingerprint density at radius 3 is 2.71 bits per heavy atom. The molecule has 4 heteroatoms. The van der Waals surface area contributed by atoms with Crippen molar-refractivity contribution < 1.29 is 14.6 Å². The molecule has 0 fully saturated rings. The van der Waals surface area contributed by atoms with Gasteiger partial charge in [-0.15, -0.1) is 0 Å². The van der Waals surface area contributed by atoms with Crippen molar-refractivity contribution in [2.24, 2.45) is 5.92 Å². The van der Waals surface area contributed by atoms with Crippen LogP contribution in [-0.4, -0.2) is 24.2 Å². The summed E-state index contributed by atoms with van der Waals surface area (Å²) >= 11 is 0. The zero-order valence-electron chi connectivity index (χ0n) is 10.4. The van der Waals surface area contributed by atoms with Crippen molar-refractivity contribution in [1.82, 2.24) is 5.32 Å². The summed E-state index contributed by atoms with van der Waals surface area (Å²) in [5, 5.41) is 12.5. The number of esters is 1. The first-order valence-electron chi connectivity index (χ1n) is 5.63. The molecule has 4 nitrogen and oxygen atoms in total. The van der Waals surface area contributed by atoms with Gasteiger partial charge in [0.05, 0.1) is 7.11 Å². The number of phenols is 1. The zero-order chi connectivity index (χ0) is 12.8. The van der Waals surface area contributed by atoms with E-state index in [0.29, 0.717) is 6.54 Å². The number of methoxy groups -OCH3 is 1. The third-order valence-corrected chi connectivity index (χ3v) is 2.56. The van der Waals surface area contributed by atoms with Crippen LogP contribution in [0.15, 0.2) is 24.3 Å². The fourth-order valence-electron chi connectivity index (χ4n) is 1.61. The summed E-state index contributed by atoms with van der Waals surface area (Å²) in [5.74, 6) is 0.114. The minimum absolute atomic E-state index is 0.153. The highest BCUT2D eigenvalue weighted by atomic mass is 16.5. The molecule has 0 radical (unpaired) electrons. The van der Waals surface area contributed by atoms with E-state index in [2.05, 4.69) is 5.32 Å². The molecule has 0 spiro atoms. The number of hydrogen-bond acceptors (Lipinski definition) is 4. The van der Waals surface area contributed by atoms with Crippen LogP contribution in [0.1, 0.15) is 19.4 Å². The predicted molar refractivity (Wildman–Crippen MR) is 65.6 cm³/mol. The second kappa shape index (κ2) is 6.25. The van der Waals surface area contributed by atoms with Crippen molar-refractivity contribution in [3.63, 3.8) is 0 Å². The monoisotopic (exact) mass is 237 g/mol.